The Morgan fingerprint density at radius 3 is 2.77 bits per heavy atom. The monoisotopic (exact) mass is 308 g/mol. The molecule has 0 atom stereocenters. The molecule has 1 aromatic rings. The Kier molecular flexibility index (Phi) is 5.85. The maximum absolute atomic E-state index is 11.4. The number of nitro groups is 1. The average Bonchev–Trinajstić information content (AvgIpc) is 2.37. The van der Waals surface area contributed by atoms with Crippen LogP contribution in [0.5, 0.6) is 0 Å². The first-order chi connectivity index (χ1) is 10.2. The average molecular weight is 308 g/mol. The van der Waals surface area contributed by atoms with Gasteiger partial charge in [0.1, 0.15) is 17.5 Å². The fourth-order valence-corrected chi connectivity index (χ4v) is 1.54. The van der Waals surface area contributed by atoms with Gasteiger partial charge in [-0.05, 0) is 27.2 Å². The summed E-state index contributed by atoms with van der Waals surface area (Å²) in [6, 6.07) is 0. The molecule has 0 aromatic carbocycles. The summed E-state index contributed by atoms with van der Waals surface area (Å²) in [6.07, 6.45) is 5.97. The second-order valence-corrected chi connectivity index (χ2v) is 5.54. The molecule has 3 N–H and O–H groups in total. The molecule has 22 heavy (non-hydrogen) atoms. The van der Waals surface area contributed by atoms with Gasteiger partial charge in [-0.25, -0.2) is 4.79 Å². The van der Waals surface area contributed by atoms with Crippen LogP contribution in [0.2, 0.25) is 0 Å². The van der Waals surface area contributed by atoms with Gasteiger partial charge in [0.2, 0.25) is 0 Å². The Labute approximate surface area is 128 Å². The summed E-state index contributed by atoms with van der Waals surface area (Å²) in [4.78, 5) is 25.3. The molecule has 8 heteroatoms. The molecule has 0 bridgehead atoms. The first kappa shape index (κ1) is 17.4. The predicted molar refractivity (Wildman–Crippen MR) is 83.2 cm³/mol. The van der Waals surface area contributed by atoms with Crippen LogP contribution in [0.15, 0.2) is 18.5 Å². The number of aromatic nitrogens is 1. The second kappa shape index (κ2) is 7.39. The number of anilines is 1. The van der Waals surface area contributed by atoms with Crippen LogP contribution in [0, 0.1) is 10.1 Å². The van der Waals surface area contributed by atoms with Crippen LogP contribution in [0.25, 0.3) is 6.08 Å². The lowest BCUT2D eigenvalue weighted by atomic mass is 10.2. The molecule has 0 saturated heterocycles. The van der Waals surface area contributed by atoms with Crippen molar-refractivity contribution in [2.45, 2.75) is 32.8 Å². The minimum absolute atomic E-state index is 0.0661. The van der Waals surface area contributed by atoms with Crippen molar-refractivity contribution in [2.75, 3.05) is 12.3 Å². The van der Waals surface area contributed by atoms with Crippen molar-refractivity contribution < 1.29 is 14.5 Å². The zero-order valence-electron chi connectivity index (χ0n) is 12.8. The maximum Gasteiger partial charge on any atom is 0.407 e. The third-order valence-corrected chi connectivity index (χ3v) is 2.47. The van der Waals surface area contributed by atoms with E-state index in [1.807, 2.05) is 0 Å². The lowest BCUT2D eigenvalue weighted by Gasteiger charge is -2.19. The minimum Gasteiger partial charge on any atom is -0.444 e. The molecule has 1 heterocycles. The number of nitrogens with one attached hydrogen (secondary N) is 1. The SMILES string of the molecule is CC(C)(C)OC(=O)NCCC=Cc1cncc([N+](=O)[O-])c1N. The number of alkyl carbamates (subject to hydrolysis) is 1. The molecule has 120 valence electrons. The number of amides is 1. The fourth-order valence-electron chi connectivity index (χ4n) is 1.54. The molecule has 0 aliphatic carbocycles. The Morgan fingerprint density at radius 2 is 2.18 bits per heavy atom. The largest absolute Gasteiger partial charge is 0.444 e. The van der Waals surface area contributed by atoms with Crippen LogP contribution >= 0.6 is 0 Å². The Hall–Kier alpha value is -2.64. The number of nitrogens with two attached hydrogens (primary N) is 1. The highest BCUT2D eigenvalue weighted by Crippen LogP contribution is 2.24. The molecule has 0 spiro atoms. The van der Waals surface area contributed by atoms with E-state index in [0.717, 1.165) is 6.20 Å². The molecule has 0 aliphatic rings. The van der Waals surface area contributed by atoms with Crippen molar-refractivity contribution in [3.8, 4) is 0 Å². The second-order valence-electron chi connectivity index (χ2n) is 5.54. The van der Waals surface area contributed by atoms with Crippen molar-refractivity contribution in [1.29, 1.82) is 0 Å². The van der Waals surface area contributed by atoms with Gasteiger partial charge in [0.15, 0.2) is 0 Å². The smallest absolute Gasteiger partial charge is 0.407 e. The van der Waals surface area contributed by atoms with E-state index in [-0.39, 0.29) is 11.4 Å². The number of nitrogen functional groups attached to an aromatic ring is 1. The van der Waals surface area contributed by atoms with Gasteiger partial charge in [0.25, 0.3) is 0 Å². The van der Waals surface area contributed by atoms with Crippen molar-refractivity contribution in [3.63, 3.8) is 0 Å². The van der Waals surface area contributed by atoms with E-state index < -0.39 is 16.6 Å². The lowest BCUT2D eigenvalue weighted by Crippen LogP contribution is -2.32. The summed E-state index contributed by atoms with van der Waals surface area (Å²) in [5.41, 5.74) is 5.46. The number of carbonyl (C=O) groups is 1. The summed E-state index contributed by atoms with van der Waals surface area (Å²) in [5, 5.41) is 13.3. The highest BCUT2D eigenvalue weighted by atomic mass is 16.6. The molecular weight excluding hydrogens is 288 g/mol. The Morgan fingerprint density at radius 1 is 1.50 bits per heavy atom. The van der Waals surface area contributed by atoms with Crippen LogP contribution in [-0.2, 0) is 4.74 Å². The van der Waals surface area contributed by atoms with Crippen LogP contribution in [0.4, 0.5) is 16.2 Å². The third-order valence-electron chi connectivity index (χ3n) is 2.47. The van der Waals surface area contributed by atoms with Gasteiger partial charge >= 0.3 is 11.8 Å². The van der Waals surface area contributed by atoms with Gasteiger partial charge in [-0.3, -0.25) is 15.1 Å². The number of carbonyl (C=O) groups excluding carboxylic acids is 1. The van der Waals surface area contributed by atoms with E-state index in [1.165, 1.54) is 6.20 Å². The van der Waals surface area contributed by atoms with Gasteiger partial charge in [-0.2, -0.15) is 0 Å². The number of pyridine rings is 1. The van der Waals surface area contributed by atoms with Crippen molar-refractivity contribution in [3.05, 3.63) is 34.1 Å². The van der Waals surface area contributed by atoms with E-state index in [9.17, 15) is 14.9 Å². The van der Waals surface area contributed by atoms with Crippen molar-refractivity contribution in [2.24, 2.45) is 0 Å². The number of hydrogen-bond donors (Lipinski definition) is 2. The van der Waals surface area contributed by atoms with E-state index in [2.05, 4.69) is 10.3 Å². The van der Waals surface area contributed by atoms with Crippen LogP contribution < -0.4 is 11.1 Å². The molecule has 1 aromatic heterocycles. The molecule has 0 fully saturated rings. The predicted octanol–water partition coefficient (Wildman–Crippen LogP) is 2.50. The normalized spacial score (nSPS) is 11.4. The third kappa shape index (κ3) is 5.78. The molecule has 1 rings (SSSR count). The van der Waals surface area contributed by atoms with E-state index >= 15 is 0 Å². The highest BCUT2D eigenvalue weighted by Gasteiger charge is 2.15. The van der Waals surface area contributed by atoms with Gasteiger partial charge in [0.05, 0.1) is 4.92 Å². The van der Waals surface area contributed by atoms with Crippen LogP contribution in [-0.4, -0.2) is 28.1 Å². The lowest BCUT2D eigenvalue weighted by molar-refractivity contribution is -0.384. The van der Waals surface area contributed by atoms with Crippen LogP contribution in [0.3, 0.4) is 0 Å². The number of rotatable bonds is 5. The summed E-state index contributed by atoms with van der Waals surface area (Å²) >= 11 is 0. The quantitative estimate of drug-likeness (QED) is 0.490. The van der Waals surface area contributed by atoms with Crippen LogP contribution in [0.1, 0.15) is 32.8 Å². The topological polar surface area (TPSA) is 120 Å². The maximum atomic E-state index is 11.4. The zero-order valence-corrected chi connectivity index (χ0v) is 12.8. The molecule has 0 aliphatic heterocycles. The highest BCUT2D eigenvalue weighted by molar-refractivity contribution is 5.71. The molecule has 0 unspecified atom stereocenters. The number of hydrogen-bond acceptors (Lipinski definition) is 6. The summed E-state index contributed by atoms with van der Waals surface area (Å²) in [5.74, 6) is 0. The first-order valence-electron chi connectivity index (χ1n) is 6.72. The summed E-state index contributed by atoms with van der Waals surface area (Å²) in [7, 11) is 0. The molecule has 0 saturated carbocycles. The Balaban J connectivity index is 2.49. The first-order valence-corrected chi connectivity index (χ1v) is 6.72. The number of ether oxygens (including phenoxy) is 1. The van der Waals surface area contributed by atoms with Crippen molar-refractivity contribution in [1.82, 2.24) is 10.3 Å². The Bertz CT molecular complexity index is 579. The van der Waals surface area contributed by atoms with Gasteiger partial charge in [-0.1, -0.05) is 12.2 Å². The zero-order chi connectivity index (χ0) is 16.8. The fraction of sp³-hybridized carbons (Fsp3) is 0.429. The standard InChI is InChI=1S/C14H20N4O4/c1-14(2,3)22-13(19)17-7-5-4-6-10-8-16-9-11(12(10)15)18(20)21/h4,6,8-9H,5,7H2,1-3H3,(H2,15,16)(H,17,19). The number of nitrogens with zero attached hydrogens (tertiary/aromatic N) is 2. The molecule has 8 nitrogen and oxygen atoms in total. The van der Waals surface area contributed by atoms with Gasteiger partial charge in [-0.15, -0.1) is 0 Å². The molecular formula is C14H20N4O4. The molecule has 1 amide bonds. The van der Waals surface area contributed by atoms with Gasteiger partial charge < -0.3 is 15.8 Å². The molecule has 0 radical (unpaired) electrons. The van der Waals surface area contributed by atoms with E-state index in [0.29, 0.717) is 18.5 Å². The van der Waals surface area contributed by atoms with Gasteiger partial charge in [0, 0.05) is 18.3 Å². The van der Waals surface area contributed by atoms with E-state index in [4.69, 9.17) is 10.5 Å². The summed E-state index contributed by atoms with van der Waals surface area (Å²) < 4.78 is 5.08. The summed E-state index contributed by atoms with van der Waals surface area (Å²) in [6.45, 7) is 5.73. The van der Waals surface area contributed by atoms with Crippen molar-refractivity contribution >= 4 is 23.5 Å². The minimum atomic E-state index is -0.580. The van der Waals surface area contributed by atoms with E-state index in [1.54, 1.807) is 32.9 Å².